The molecular weight excluding hydrogens is 393 g/mol. The van der Waals surface area contributed by atoms with E-state index >= 15 is 0 Å². The second kappa shape index (κ2) is 8.98. The van der Waals surface area contributed by atoms with Crippen LogP contribution >= 0.6 is 0 Å². The number of rotatable bonds is 5. The monoisotopic (exact) mass is 418 g/mol. The highest BCUT2D eigenvalue weighted by Gasteiger charge is 2.45. The van der Waals surface area contributed by atoms with E-state index in [0.29, 0.717) is 12.0 Å². The summed E-state index contributed by atoms with van der Waals surface area (Å²) in [6.45, 7) is 1.75. The van der Waals surface area contributed by atoms with Gasteiger partial charge in [0.15, 0.2) is 9.84 Å². The normalized spacial score (nSPS) is 22.2. The maximum Gasteiger partial charge on any atom is 0.391 e. The van der Waals surface area contributed by atoms with E-state index in [1.54, 1.807) is 37.3 Å². The number of nitrogens with zero attached hydrogens (tertiary/aromatic N) is 1. The summed E-state index contributed by atoms with van der Waals surface area (Å²) in [5.41, 5.74) is 0.645. The minimum Gasteiger partial charge on any atom is -0.332 e. The lowest BCUT2D eigenvalue weighted by molar-refractivity contribution is -0.188. The molecule has 1 aromatic carbocycles. The predicted octanol–water partition coefficient (Wildman–Crippen LogP) is 4.05. The molecule has 0 spiro atoms. The molecule has 1 aliphatic rings. The summed E-state index contributed by atoms with van der Waals surface area (Å²) in [5.74, 6) is -1.46. The van der Waals surface area contributed by atoms with Crippen molar-refractivity contribution in [2.75, 3.05) is 12.8 Å². The second-order valence-electron chi connectivity index (χ2n) is 7.01. The second-order valence-corrected chi connectivity index (χ2v) is 8.94. The number of hydrogen-bond acceptors (Lipinski definition) is 3. The Bertz CT molecular complexity index is 794. The van der Waals surface area contributed by atoms with Gasteiger partial charge in [-0.1, -0.05) is 43.3 Å². The molecule has 1 heterocycles. The highest BCUT2D eigenvalue weighted by molar-refractivity contribution is 7.93. The lowest BCUT2D eigenvalue weighted by Crippen LogP contribution is -2.50. The first-order chi connectivity index (χ1) is 13.0. The van der Waals surface area contributed by atoms with Gasteiger partial charge in [0.25, 0.3) is 0 Å². The molecule has 2 amide bonds. The number of alkyl halides is 3. The van der Waals surface area contributed by atoms with Crippen molar-refractivity contribution in [1.29, 1.82) is 0 Å². The van der Waals surface area contributed by atoms with Crippen LogP contribution in [0.15, 0.2) is 41.8 Å². The van der Waals surface area contributed by atoms with Crippen LogP contribution in [-0.4, -0.2) is 44.4 Å². The minimum absolute atomic E-state index is 0.0260. The molecule has 0 saturated carbocycles. The molecule has 0 unspecified atom stereocenters. The number of halogens is 3. The van der Waals surface area contributed by atoms with E-state index in [1.807, 2.05) is 0 Å². The first-order valence-electron chi connectivity index (χ1n) is 9.08. The van der Waals surface area contributed by atoms with Crippen LogP contribution in [0.1, 0.15) is 37.8 Å². The van der Waals surface area contributed by atoms with Gasteiger partial charge in [0.05, 0.1) is 12.0 Å². The summed E-state index contributed by atoms with van der Waals surface area (Å²) >= 11 is 0. The fourth-order valence-electron chi connectivity index (χ4n) is 3.26. The first-order valence-corrected chi connectivity index (χ1v) is 11.0. The van der Waals surface area contributed by atoms with E-state index in [-0.39, 0.29) is 19.4 Å². The predicted molar refractivity (Wildman–Crippen MR) is 101 cm³/mol. The van der Waals surface area contributed by atoms with E-state index in [9.17, 15) is 26.4 Å². The third-order valence-corrected chi connectivity index (χ3v) is 5.47. The number of piperidine rings is 1. The van der Waals surface area contributed by atoms with E-state index in [0.717, 1.165) is 11.7 Å². The van der Waals surface area contributed by atoms with Crippen molar-refractivity contribution in [3.05, 3.63) is 47.4 Å². The summed E-state index contributed by atoms with van der Waals surface area (Å²) in [7, 11) is -3.34. The Kier molecular flexibility index (Phi) is 7.14. The number of urea groups is 1. The SMILES string of the molecule is CC[C@@H](/C=C/S(C)(=O)=O)NC(=O)N1CC[C@H](C(F)(F)F)C[C@@H]1c1ccccc1. The number of hydrogen-bond donors (Lipinski definition) is 1. The average Bonchev–Trinajstić information content (AvgIpc) is 2.63. The van der Waals surface area contributed by atoms with Crippen LogP contribution in [0, 0.1) is 5.92 Å². The van der Waals surface area contributed by atoms with Crippen molar-refractivity contribution in [3.8, 4) is 0 Å². The standard InChI is InChI=1S/C19H25F3N2O3S/c1-3-16(10-12-28(2,26)27)23-18(25)24-11-9-15(19(20,21)22)13-17(24)14-7-5-4-6-8-14/h4-8,10,12,15-17H,3,9,11,13H2,1-2H3,(H,23,25)/b12-10+/t15-,16-,17+/m0/s1. The van der Waals surface area contributed by atoms with Gasteiger partial charge in [-0.15, -0.1) is 0 Å². The smallest absolute Gasteiger partial charge is 0.332 e. The Morgan fingerprint density at radius 3 is 2.50 bits per heavy atom. The maximum atomic E-state index is 13.3. The number of amides is 2. The fraction of sp³-hybridized carbons (Fsp3) is 0.526. The van der Waals surface area contributed by atoms with Gasteiger partial charge in [0.2, 0.25) is 0 Å². The van der Waals surface area contributed by atoms with Crippen molar-refractivity contribution < 1.29 is 26.4 Å². The van der Waals surface area contributed by atoms with Crippen LogP contribution in [0.3, 0.4) is 0 Å². The van der Waals surface area contributed by atoms with Gasteiger partial charge in [0.1, 0.15) is 0 Å². The molecule has 2 rings (SSSR count). The number of likely N-dealkylation sites (tertiary alicyclic amines) is 1. The molecular formula is C19H25F3N2O3S. The number of nitrogens with one attached hydrogen (secondary N) is 1. The molecule has 3 atom stereocenters. The number of benzene rings is 1. The average molecular weight is 418 g/mol. The third-order valence-electron chi connectivity index (χ3n) is 4.82. The van der Waals surface area contributed by atoms with Gasteiger partial charge >= 0.3 is 12.2 Å². The minimum atomic E-state index is -4.31. The number of carbonyl (C=O) groups excluding carboxylic acids is 1. The van der Waals surface area contributed by atoms with Crippen LogP contribution in [0.25, 0.3) is 0 Å². The summed E-state index contributed by atoms with van der Waals surface area (Å²) in [4.78, 5) is 14.2. The lowest BCUT2D eigenvalue weighted by Gasteiger charge is -2.40. The summed E-state index contributed by atoms with van der Waals surface area (Å²) < 4.78 is 62.3. The van der Waals surface area contributed by atoms with Gasteiger partial charge in [-0.3, -0.25) is 0 Å². The summed E-state index contributed by atoms with van der Waals surface area (Å²) in [5, 5.41) is 3.74. The Labute approximate surface area is 163 Å². The molecule has 9 heteroatoms. The zero-order chi connectivity index (χ0) is 20.9. The van der Waals surface area contributed by atoms with Gasteiger partial charge in [0, 0.05) is 24.3 Å². The van der Waals surface area contributed by atoms with Crippen LogP contribution in [0.5, 0.6) is 0 Å². The van der Waals surface area contributed by atoms with E-state index in [4.69, 9.17) is 0 Å². The summed E-state index contributed by atoms with van der Waals surface area (Å²) in [6.07, 6.45) is -1.78. The molecule has 156 valence electrons. The van der Waals surface area contributed by atoms with Crippen LogP contribution in [0.4, 0.5) is 18.0 Å². The van der Waals surface area contributed by atoms with Gasteiger partial charge in [-0.25, -0.2) is 13.2 Å². The largest absolute Gasteiger partial charge is 0.391 e. The molecule has 1 fully saturated rings. The van der Waals surface area contributed by atoms with Crippen LogP contribution in [-0.2, 0) is 9.84 Å². The van der Waals surface area contributed by atoms with Crippen molar-refractivity contribution in [2.24, 2.45) is 5.92 Å². The third kappa shape index (κ3) is 6.25. The van der Waals surface area contributed by atoms with Crippen LogP contribution < -0.4 is 5.32 Å². The van der Waals surface area contributed by atoms with Gasteiger partial charge in [-0.2, -0.15) is 13.2 Å². The Balaban J connectivity index is 2.21. The van der Waals surface area contributed by atoms with Crippen molar-refractivity contribution in [2.45, 2.75) is 44.4 Å². The highest BCUT2D eigenvalue weighted by Crippen LogP contribution is 2.42. The molecule has 1 aromatic rings. The molecule has 0 bridgehead atoms. The molecule has 1 N–H and O–H groups in total. The number of carbonyl (C=O) groups is 1. The van der Waals surface area contributed by atoms with Crippen molar-refractivity contribution >= 4 is 15.9 Å². The van der Waals surface area contributed by atoms with Crippen LogP contribution in [0.2, 0.25) is 0 Å². The maximum absolute atomic E-state index is 13.3. The molecule has 5 nitrogen and oxygen atoms in total. The zero-order valence-corrected chi connectivity index (χ0v) is 16.6. The van der Waals surface area contributed by atoms with E-state index in [1.165, 1.54) is 11.0 Å². The molecule has 0 aliphatic carbocycles. The zero-order valence-electron chi connectivity index (χ0n) is 15.8. The Hall–Kier alpha value is -2.03. The highest BCUT2D eigenvalue weighted by atomic mass is 32.2. The first kappa shape index (κ1) is 22.3. The molecule has 0 radical (unpaired) electrons. The summed E-state index contributed by atoms with van der Waals surface area (Å²) in [6, 6.07) is 6.92. The van der Waals surface area contributed by atoms with E-state index < -0.39 is 40.0 Å². The molecule has 0 aromatic heterocycles. The topological polar surface area (TPSA) is 66.5 Å². The lowest BCUT2D eigenvalue weighted by atomic mass is 9.87. The fourth-order valence-corrected chi connectivity index (χ4v) is 3.74. The Morgan fingerprint density at radius 1 is 1.32 bits per heavy atom. The molecule has 1 aliphatic heterocycles. The van der Waals surface area contributed by atoms with E-state index in [2.05, 4.69) is 5.32 Å². The molecule has 28 heavy (non-hydrogen) atoms. The quantitative estimate of drug-likeness (QED) is 0.785. The van der Waals surface area contributed by atoms with Crippen molar-refractivity contribution in [3.63, 3.8) is 0 Å². The van der Waals surface area contributed by atoms with Gasteiger partial charge < -0.3 is 10.2 Å². The number of sulfone groups is 1. The Morgan fingerprint density at radius 2 is 1.96 bits per heavy atom. The molecule has 1 saturated heterocycles. The van der Waals surface area contributed by atoms with Gasteiger partial charge in [-0.05, 0) is 24.8 Å². The van der Waals surface area contributed by atoms with Crippen molar-refractivity contribution in [1.82, 2.24) is 10.2 Å².